The van der Waals surface area contributed by atoms with Gasteiger partial charge in [0.2, 0.25) is 11.8 Å². The van der Waals surface area contributed by atoms with Crippen molar-refractivity contribution < 1.29 is 29.0 Å². The van der Waals surface area contributed by atoms with E-state index in [-0.39, 0.29) is 17.1 Å². The van der Waals surface area contributed by atoms with E-state index in [1.807, 2.05) is 0 Å². The fourth-order valence-corrected chi connectivity index (χ4v) is 2.14. The molecule has 1 aromatic rings. The average Bonchev–Trinajstić information content (AvgIpc) is 2.43. The Kier molecular flexibility index (Phi) is 6.39. The topological polar surface area (TPSA) is 136 Å². The molecule has 9 heteroatoms. The molecule has 0 aromatic heterocycles. The van der Waals surface area contributed by atoms with Gasteiger partial charge >= 0.3 is 11.3 Å². The third-order valence-electron chi connectivity index (χ3n) is 2.40. The van der Waals surface area contributed by atoms with Gasteiger partial charge in [-0.15, -0.1) is 0 Å². The molecule has 0 aliphatic heterocycles. The van der Waals surface area contributed by atoms with Crippen molar-refractivity contribution in [1.82, 2.24) is 5.32 Å². The van der Waals surface area contributed by atoms with E-state index in [4.69, 9.17) is 15.6 Å². The number of amides is 2. The van der Waals surface area contributed by atoms with Gasteiger partial charge in [0.25, 0.3) is 0 Å². The standard InChI is InChI=1S/C13H14N2O6S/c1-7(16)15-9(11(14)17)6-22-13(20)21-10-5-3-2-4-8(10)12(18)19/h2-5,9H,6H2,1H3,(H2,14,17)(H,15,16)(H,18,19)/t9-/m1/s1. The summed E-state index contributed by atoms with van der Waals surface area (Å²) < 4.78 is 4.92. The predicted octanol–water partition coefficient (Wildman–Crippen LogP) is 0.607. The second-order valence-corrected chi connectivity index (χ2v) is 5.08. The average molecular weight is 326 g/mol. The highest BCUT2D eigenvalue weighted by Gasteiger charge is 2.20. The molecule has 0 aliphatic rings. The number of para-hydroxylation sites is 1. The van der Waals surface area contributed by atoms with E-state index in [0.29, 0.717) is 11.8 Å². The molecule has 2 amide bonds. The SMILES string of the molecule is CC(=O)N[C@H](CSC(=O)Oc1ccccc1C(=O)O)C(N)=O. The largest absolute Gasteiger partial charge is 0.478 e. The Morgan fingerprint density at radius 2 is 1.95 bits per heavy atom. The number of thioether (sulfide) groups is 1. The second kappa shape index (κ2) is 8.03. The monoisotopic (exact) mass is 326 g/mol. The lowest BCUT2D eigenvalue weighted by Gasteiger charge is -2.13. The van der Waals surface area contributed by atoms with Crippen LogP contribution in [0.25, 0.3) is 0 Å². The summed E-state index contributed by atoms with van der Waals surface area (Å²) in [5, 5.41) is 10.4. The highest BCUT2D eigenvalue weighted by Crippen LogP contribution is 2.20. The zero-order chi connectivity index (χ0) is 16.7. The van der Waals surface area contributed by atoms with E-state index in [9.17, 15) is 19.2 Å². The van der Waals surface area contributed by atoms with Crippen molar-refractivity contribution in [3.05, 3.63) is 29.8 Å². The fourth-order valence-electron chi connectivity index (χ4n) is 1.44. The number of carbonyl (C=O) groups is 4. The summed E-state index contributed by atoms with van der Waals surface area (Å²) in [5.41, 5.74) is 4.93. The Morgan fingerprint density at radius 3 is 2.50 bits per heavy atom. The van der Waals surface area contributed by atoms with Crippen LogP contribution in [-0.4, -0.2) is 40.0 Å². The maximum Gasteiger partial charge on any atom is 0.372 e. The molecule has 1 aromatic carbocycles. The first-order valence-electron chi connectivity index (χ1n) is 6.04. The summed E-state index contributed by atoms with van der Waals surface area (Å²) in [7, 11) is 0. The van der Waals surface area contributed by atoms with Crippen LogP contribution in [0.5, 0.6) is 5.75 Å². The molecule has 1 rings (SSSR count). The molecule has 0 aliphatic carbocycles. The van der Waals surface area contributed by atoms with Crippen molar-refractivity contribution in [2.45, 2.75) is 13.0 Å². The van der Waals surface area contributed by atoms with Crippen molar-refractivity contribution in [3.8, 4) is 5.75 Å². The molecule has 0 spiro atoms. The van der Waals surface area contributed by atoms with Gasteiger partial charge in [0.1, 0.15) is 17.4 Å². The van der Waals surface area contributed by atoms with Gasteiger partial charge in [0.05, 0.1) is 0 Å². The number of carboxylic acid groups (broad SMARTS) is 1. The highest BCUT2D eigenvalue weighted by atomic mass is 32.2. The molecular weight excluding hydrogens is 312 g/mol. The van der Waals surface area contributed by atoms with Gasteiger partial charge in [-0.2, -0.15) is 0 Å². The molecular formula is C13H14N2O6S. The number of hydrogen-bond donors (Lipinski definition) is 3. The zero-order valence-corrected chi connectivity index (χ0v) is 12.4. The number of primary amides is 1. The first-order valence-corrected chi connectivity index (χ1v) is 7.03. The maximum absolute atomic E-state index is 11.7. The summed E-state index contributed by atoms with van der Waals surface area (Å²) in [4.78, 5) is 44.7. The number of benzene rings is 1. The molecule has 0 bridgehead atoms. The predicted molar refractivity (Wildman–Crippen MR) is 78.7 cm³/mol. The lowest BCUT2D eigenvalue weighted by atomic mass is 10.2. The number of aromatic carboxylic acids is 1. The summed E-state index contributed by atoms with van der Waals surface area (Å²) >= 11 is 0.600. The van der Waals surface area contributed by atoms with Crippen LogP contribution in [0.15, 0.2) is 24.3 Å². The molecule has 1 atom stereocenters. The second-order valence-electron chi connectivity index (χ2n) is 4.12. The normalized spacial score (nSPS) is 11.3. The van der Waals surface area contributed by atoms with E-state index < -0.39 is 29.1 Å². The van der Waals surface area contributed by atoms with Crippen LogP contribution in [0.4, 0.5) is 4.79 Å². The minimum atomic E-state index is -1.23. The summed E-state index contributed by atoms with van der Waals surface area (Å²) in [6.07, 6.45) is 0. The van der Waals surface area contributed by atoms with E-state index in [1.54, 1.807) is 0 Å². The number of nitrogens with two attached hydrogens (primary N) is 1. The van der Waals surface area contributed by atoms with Gasteiger partial charge < -0.3 is 20.9 Å². The summed E-state index contributed by atoms with van der Waals surface area (Å²) in [6, 6.07) is 4.61. The Balaban J connectivity index is 2.65. The van der Waals surface area contributed by atoms with Gasteiger partial charge in [-0.3, -0.25) is 9.59 Å². The van der Waals surface area contributed by atoms with E-state index in [0.717, 1.165) is 0 Å². The third kappa shape index (κ3) is 5.44. The van der Waals surface area contributed by atoms with Crippen LogP contribution < -0.4 is 15.8 Å². The Morgan fingerprint density at radius 1 is 1.32 bits per heavy atom. The molecule has 0 unspecified atom stereocenters. The van der Waals surface area contributed by atoms with Gasteiger partial charge in [-0.05, 0) is 23.9 Å². The quantitative estimate of drug-likeness (QED) is 0.651. The number of carbonyl (C=O) groups excluding carboxylic acids is 3. The van der Waals surface area contributed by atoms with Gasteiger partial charge in [0, 0.05) is 12.7 Å². The van der Waals surface area contributed by atoms with E-state index in [1.165, 1.54) is 31.2 Å². The third-order valence-corrected chi connectivity index (χ3v) is 3.22. The lowest BCUT2D eigenvalue weighted by Crippen LogP contribution is -2.45. The Labute approximate surface area is 130 Å². The molecule has 0 saturated heterocycles. The zero-order valence-electron chi connectivity index (χ0n) is 11.6. The van der Waals surface area contributed by atoms with Gasteiger partial charge in [0.15, 0.2) is 0 Å². The van der Waals surface area contributed by atoms with E-state index >= 15 is 0 Å². The molecule has 22 heavy (non-hydrogen) atoms. The lowest BCUT2D eigenvalue weighted by molar-refractivity contribution is -0.125. The first-order chi connectivity index (χ1) is 10.3. The summed E-state index contributed by atoms with van der Waals surface area (Å²) in [5.74, 6) is -2.72. The van der Waals surface area contributed by atoms with Crippen LogP contribution in [-0.2, 0) is 9.59 Å². The van der Waals surface area contributed by atoms with Crippen molar-refractivity contribution >= 4 is 34.8 Å². The Bertz CT molecular complexity index is 604. The van der Waals surface area contributed by atoms with Crippen molar-refractivity contribution in [3.63, 3.8) is 0 Å². The number of rotatable bonds is 6. The summed E-state index contributed by atoms with van der Waals surface area (Å²) in [6.45, 7) is 1.21. The minimum Gasteiger partial charge on any atom is -0.478 e. The van der Waals surface area contributed by atoms with Crippen LogP contribution in [0.3, 0.4) is 0 Å². The first kappa shape index (κ1) is 17.5. The highest BCUT2D eigenvalue weighted by molar-refractivity contribution is 8.13. The Hall–Kier alpha value is -2.55. The smallest absolute Gasteiger partial charge is 0.372 e. The van der Waals surface area contributed by atoms with E-state index in [2.05, 4.69) is 5.32 Å². The molecule has 4 N–H and O–H groups in total. The number of carboxylic acids is 1. The van der Waals surface area contributed by atoms with Crippen LogP contribution in [0.2, 0.25) is 0 Å². The van der Waals surface area contributed by atoms with Crippen molar-refractivity contribution in [2.75, 3.05) is 5.75 Å². The van der Waals surface area contributed by atoms with Crippen molar-refractivity contribution in [2.24, 2.45) is 5.73 Å². The fraction of sp³-hybridized carbons (Fsp3) is 0.231. The van der Waals surface area contributed by atoms with Crippen LogP contribution in [0, 0.1) is 0 Å². The molecule has 0 saturated carbocycles. The molecule has 8 nitrogen and oxygen atoms in total. The van der Waals surface area contributed by atoms with Gasteiger partial charge in [-0.25, -0.2) is 9.59 Å². The molecule has 0 radical (unpaired) electrons. The molecule has 118 valence electrons. The maximum atomic E-state index is 11.7. The molecule has 0 heterocycles. The van der Waals surface area contributed by atoms with Crippen molar-refractivity contribution in [1.29, 1.82) is 0 Å². The number of nitrogens with one attached hydrogen (secondary N) is 1. The molecule has 0 fully saturated rings. The van der Waals surface area contributed by atoms with Crippen LogP contribution in [0.1, 0.15) is 17.3 Å². The van der Waals surface area contributed by atoms with Gasteiger partial charge in [-0.1, -0.05) is 12.1 Å². The van der Waals surface area contributed by atoms with Crippen LogP contribution >= 0.6 is 11.8 Å². The minimum absolute atomic E-state index is 0.109. The number of hydrogen-bond acceptors (Lipinski definition) is 6. The number of ether oxygens (including phenoxy) is 1.